The SMILES string of the molecule is CC(C)NC(=O)C(CCS(C)(=O)=O)NC(=O)C(C)C. The van der Waals surface area contributed by atoms with Crippen molar-refractivity contribution in [2.24, 2.45) is 5.92 Å². The summed E-state index contributed by atoms with van der Waals surface area (Å²) in [7, 11) is -3.17. The third-order valence-corrected chi connectivity index (χ3v) is 3.34. The molecule has 0 rings (SSSR count). The van der Waals surface area contributed by atoms with E-state index < -0.39 is 15.9 Å². The molecule has 0 saturated heterocycles. The molecule has 0 saturated carbocycles. The van der Waals surface area contributed by atoms with Crippen molar-refractivity contribution in [3.8, 4) is 0 Å². The van der Waals surface area contributed by atoms with E-state index in [1.54, 1.807) is 27.7 Å². The Kier molecular flexibility index (Phi) is 7.04. The normalized spacial score (nSPS) is 13.4. The van der Waals surface area contributed by atoms with Gasteiger partial charge in [-0.3, -0.25) is 9.59 Å². The molecule has 1 unspecified atom stereocenters. The fraction of sp³-hybridized carbons (Fsp3) is 0.833. The van der Waals surface area contributed by atoms with Gasteiger partial charge in [0, 0.05) is 18.2 Å². The highest BCUT2D eigenvalue weighted by Gasteiger charge is 2.23. The molecule has 1 atom stereocenters. The molecule has 0 aliphatic carbocycles. The Morgan fingerprint density at radius 2 is 1.53 bits per heavy atom. The smallest absolute Gasteiger partial charge is 0.242 e. The molecule has 0 aliphatic rings. The number of carbonyl (C=O) groups is 2. The van der Waals surface area contributed by atoms with Crippen LogP contribution in [0.25, 0.3) is 0 Å². The number of sulfone groups is 1. The van der Waals surface area contributed by atoms with E-state index in [1.807, 2.05) is 0 Å². The van der Waals surface area contributed by atoms with Crippen LogP contribution >= 0.6 is 0 Å². The van der Waals surface area contributed by atoms with E-state index in [0.717, 1.165) is 6.26 Å². The molecule has 0 heterocycles. The monoisotopic (exact) mass is 292 g/mol. The summed E-state index contributed by atoms with van der Waals surface area (Å²) >= 11 is 0. The highest BCUT2D eigenvalue weighted by Crippen LogP contribution is 2.01. The summed E-state index contributed by atoms with van der Waals surface area (Å²) in [5.74, 6) is -1.01. The number of amides is 2. The zero-order valence-corrected chi connectivity index (χ0v) is 13.0. The van der Waals surface area contributed by atoms with Gasteiger partial charge in [0.15, 0.2) is 0 Å². The minimum atomic E-state index is -3.17. The van der Waals surface area contributed by atoms with Crippen LogP contribution in [0.3, 0.4) is 0 Å². The van der Waals surface area contributed by atoms with E-state index >= 15 is 0 Å². The van der Waals surface area contributed by atoms with Crippen molar-refractivity contribution < 1.29 is 18.0 Å². The van der Waals surface area contributed by atoms with Crippen LogP contribution in [0.15, 0.2) is 0 Å². The number of carbonyl (C=O) groups excluding carboxylic acids is 2. The summed E-state index contributed by atoms with van der Waals surface area (Å²) < 4.78 is 22.3. The fourth-order valence-electron chi connectivity index (χ4n) is 1.32. The van der Waals surface area contributed by atoms with Crippen LogP contribution in [0.1, 0.15) is 34.1 Å². The van der Waals surface area contributed by atoms with Gasteiger partial charge in [-0.25, -0.2) is 8.42 Å². The number of rotatable bonds is 7. The minimum Gasteiger partial charge on any atom is -0.352 e. The van der Waals surface area contributed by atoms with Gasteiger partial charge in [-0.1, -0.05) is 13.8 Å². The Morgan fingerprint density at radius 1 is 1.00 bits per heavy atom. The molecule has 19 heavy (non-hydrogen) atoms. The summed E-state index contributed by atoms with van der Waals surface area (Å²) in [6.45, 7) is 7.03. The number of hydrogen-bond donors (Lipinski definition) is 2. The Hall–Kier alpha value is -1.11. The molecule has 0 aromatic carbocycles. The van der Waals surface area contributed by atoms with Crippen LogP contribution < -0.4 is 10.6 Å². The summed E-state index contributed by atoms with van der Waals surface area (Å²) in [5, 5.41) is 5.25. The van der Waals surface area contributed by atoms with E-state index in [0.29, 0.717) is 0 Å². The number of hydrogen-bond acceptors (Lipinski definition) is 4. The number of nitrogens with one attached hydrogen (secondary N) is 2. The fourth-order valence-corrected chi connectivity index (χ4v) is 1.99. The highest BCUT2D eigenvalue weighted by molar-refractivity contribution is 7.90. The van der Waals surface area contributed by atoms with Crippen LogP contribution in [0.5, 0.6) is 0 Å². The van der Waals surface area contributed by atoms with Crippen molar-refractivity contribution in [2.45, 2.75) is 46.2 Å². The van der Waals surface area contributed by atoms with Crippen molar-refractivity contribution in [3.05, 3.63) is 0 Å². The first-order chi connectivity index (χ1) is 8.53. The Bertz CT molecular complexity index is 415. The minimum absolute atomic E-state index is 0.0656. The molecule has 0 aromatic rings. The van der Waals surface area contributed by atoms with E-state index in [-0.39, 0.29) is 35.9 Å². The molecule has 0 aliphatic heterocycles. The van der Waals surface area contributed by atoms with Gasteiger partial charge in [0.05, 0.1) is 5.75 Å². The molecule has 0 aromatic heterocycles. The van der Waals surface area contributed by atoms with Crippen molar-refractivity contribution in [2.75, 3.05) is 12.0 Å². The summed E-state index contributed by atoms with van der Waals surface area (Å²) in [5.41, 5.74) is 0. The van der Waals surface area contributed by atoms with E-state index in [4.69, 9.17) is 0 Å². The van der Waals surface area contributed by atoms with Crippen LogP contribution in [0, 0.1) is 5.92 Å². The van der Waals surface area contributed by atoms with Crippen LogP contribution in [0.4, 0.5) is 0 Å². The molecule has 2 N–H and O–H groups in total. The van der Waals surface area contributed by atoms with E-state index in [9.17, 15) is 18.0 Å². The van der Waals surface area contributed by atoms with E-state index in [2.05, 4.69) is 10.6 Å². The Labute approximate surface area is 115 Å². The van der Waals surface area contributed by atoms with Gasteiger partial charge in [-0.2, -0.15) is 0 Å². The van der Waals surface area contributed by atoms with Crippen molar-refractivity contribution >= 4 is 21.7 Å². The molecular formula is C12H24N2O4S. The predicted molar refractivity (Wildman–Crippen MR) is 74.4 cm³/mol. The maximum atomic E-state index is 11.9. The Morgan fingerprint density at radius 3 is 1.89 bits per heavy atom. The van der Waals surface area contributed by atoms with Gasteiger partial charge in [0.1, 0.15) is 15.9 Å². The lowest BCUT2D eigenvalue weighted by Crippen LogP contribution is -2.50. The molecule has 7 heteroatoms. The first-order valence-electron chi connectivity index (χ1n) is 6.31. The molecular weight excluding hydrogens is 268 g/mol. The second kappa shape index (κ2) is 7.47. The van der Waals surface area contributed by atoms with E-state index in [1.165, 1.54) is 0 Å². The standard InChI is InChI=1S/C12H24N2O4S/c1-8(2)11(15)14-10(6-7-19(5,17)18)12(16)13-9(3)4/h8-10H,6-7H2,1-5H3,(H,13,16)(H,14,15). The van der Waals surface area contributed by atoms with Crippen LogP contribution in [-0.4, -0.2) is 44.3 Å². The molecule has 0 fully saturated rings. The van der Waals surface area contributed by atoms with Gasteiger partial charge in [-0.05, 0) is 20.3 Å². The van der Waals surface area contributed by atoms with Crippen molar-refractivity contribution in [1.29, 1.82) is 0 Å². The zero-order chi connectivity index (χ0) is 15.2. The van der Waals surface area contributed by atoms with Crippen LogP contribution in [-0.2, 0) is 19.4 Å². The van der Waals surface area contributed by atoms with Gasteiger partial charge in [0.2, 0.25) is 11.8 Å². The molecule has 6 nitrogen and oxygen atoms in total. The second-order valence-corrected chi connectivity index (χ2v) is 7.56. The van der Waals surface area contributed by atoms with Gasteiger partial charge in [0.25, 0.3) is 0 Å². The first kappa shape index (κ1) is 17.9. The third-order valence-electron chi connectivity index (χ3n) is 2.37. The first-order valence-corrected chi connectivity index (χ1v) is 8.37. The third kappa shape index (κ3) is 8.58. The zero-order valence-electron chi connectivity index (χ0n) is 12.2. The summed E-state index contributed by atoms with van der Waals surface area (Å²) in [6, 6.07) is -0.879. The van der Waals surface area contributed by atoms with Crippen LogP contribution in [0.2, 0.25) is 0 Å². The van der Waals surface area contributed by atoms with Gasteiger partial charge < -0.3 is 10.6 Å². The maximum Gasteiger partial charge on any atom is 0.242 e. The largest absolute Gasteiger partial charge is 0.352 e. The summed E-state index contributed by atoms with van der Waals surface area (Å²) in [4.78, 5) is 23.5. The average Bonchev–Trinajstić information content (AvgIpc) is 2.20. The van der Waals surface area contributed by atoms with Gasteiger partial charge >= 0.3 is 0 Å². The lowest BCUT2D eigenvalue weighted by atomic mass is 10.1. The molecule has 112 valence electrons. The Balaban J connectivity index is 4.73. The quantitative estimate of drug-likeness (QED) is 0.695. The predicted octanol–water partition coefficient (Wildman–Crippen LogP) is 0.0865. The molecule has 0 radical (unpaired) electrons. The highest BCUT2D eigenvalue weighted by atomic mass is 32.2. The average molecular weight is 292 g/mol. The van der Waals surface area contributed by atoms with Crippen molar-refractivity contribution in [1.82, 2.24) is 10.6 Å². The molecule has 0 spiro atoms. The maximum absolute atomic E-state index is 11.9. The molecule has 2 amide bonds. The lowest BCUT2D eigenvalue weighted by Gasteiger charge is -2.20. The summed E-state index contributed by atoms with van der Waals surface area (Å²) in [6.07, 6.45) is 1.19. The van der Waals surface area contributed by atoms with Crippen molar-refractivity contribution in [3.63, 3.8) is 0 Å². The van der Waals surface area contributed by atoms with Gasteiger partial charge in [-0.15, -0.1) is 0 Å². The topological polar surface area (TPSA) is 92.3 Å². The molecule has 0 bridgehead atoms. The lowest BCUT2D eigenvalue weighted by molar-refractivity contribution is -0.130. The second-order valence-electron chi connectivity index (χ2n) is 5.30.